The van der Waals surface area contributed by atoms with Gasteiger partial charge in [-0.15, -0.1) is 0 Å². The average Bonchev–Trinajstić information content (AvgIpc) is 2.75. The molecular weight excluding hydrogens is 216 g/mol. The summed E-state index contributed by atoms with van der Waals surface area (Å²) in [6, 6.07) is 0. The first kappa shape index (κ1) is 13.2. The zero-order chi connectivity index (χ0) is 12.7. The van der Waals surface area contributed by atoms with E-state index < -0.39 is 0 Å². The molecule has 17 heavy (non-hydrogen) atoms. The van der Waals surface area contributed by atoms with E-state index >= 15 is 0 Å². The van der Waals surface area contributed by atoms with Gasteiger partial charge < -0.3 is 15.0 Å². The number of hydrogen-bond donors (Lipinski definition) is 1. The molecule has 0 bridgehead atoms. The SMILES string of the molecule is C=N/C=C\C(=C(/C)N)c1cncn1CCOC. The molecule has 92 valence electrons. The average molecular weight is 234 g/mol. The van der Waals surface area contributed by atoms with Crippen molar-refractivity contribution in [1.29, 1.82) is 0 Å². The minimum Gasteiger partial charge on any atom is -0.402 e. The Hall–Kier alpha value is -1.88. The van der Waals surface area contributed by atoms with Crippen LogP contribution in [0.5, 0.6) is 0 Å². The molecule has 0 radical (unpaired) electrons. The van der Waals surface area contributed by atoms with Crippen molar-refractivity contribution < 1.29 is 4.74 Å². The van der Waals surface area contributed by atoms with Gasteiger partial charge in [-0.05, 0) is 19.7 Å². The molecule has 0 aliphatic heterocycles. The highest BCUT2D eigenvalue weighted by atomic mass is 16.5. The van der Waals surface area contributed by atoms with E-state index in [1.54, 1.807) is 25.8 Å². The summed E-state index contributed by atoms with van der Waals surface area (Å²) in [6.07, 6.45) is 6.96. The normalized spacial score (nSPS) is 12.8. The van der Waals surface area contributed by atoms with Crippen LogP contribution < -0.4 is 5.73 Å². The molecule has 1 aromatic rings. The molecule has 0 atom stereocenters. The Morgan fingerprint density at radius 1 is 1.71 bits per heavy atom. The molecule has 0 aromatic carbocycles. The highest BCUT2D eigenvalue weighted by Crippen LogP contribution is 2.17. The van der Waals surface area contributed by atoms with Crippen molar-refractivity contribution in [2.24, 2.45) is 10.7 Å². The summed E-state index contributed by atoms with van der Waals surface area (Å²) in [5, 5.41) is 0. The maximum Gasteiger partial charge on any atom is 0.0951 e. The lowest BCUT2D eigenvalue weighted by molar-refractivity contribution is 0.187. The largest absolute Gasteiger partial charge is 0.402 e. The van der Waals surface area contributed by atoms with E-state index in [0.29, 0.717) is 12.3 Å². The van der Waals surface area contributed by atoms with Gasteiger partial charge in [0.05, 0.1) is 24.8 Å². The fourth-order valence-corrected chi connectivity index (χ4v) is 1.46. The molecule has 0 fully saturated rings. The minimum absolute atomic E-state index is 0.629. The highest BCUT2D eigenvalue weighted by Gasteiger charge is 2.07. The summed E-state index contributed by atoms with van der Waals surface area (Å²) in [5.41, 5.74) is 8.41. The second-order valence-electron chi connectivity index (χ2n) is 3.56. The third-order valence-corrected chi connectivity index (χ3v) is 2.30. The first-order valence-electron chi connectivity index (χ1n) is 5.29. The van der Waals surface area contributed by atoms with Gasteiger partial charge >= 0.3 is 0 Å². The molecule has 2 N–H and O–H groups in total. The van der Waals surface area contributed by atoms with Gasteiger partial charge in [-0.1, -0.05) is 0 Å². The number of aromatic nitrogens is 2. The molecule has 0 saturated carbocycles. The van der Waals surface area contributed by atoms with Crippen LogP contribution in [0.15, 0.2) is 35.5 Å². The predicted molar refractivity (Wildman–Crippen MR) is 69.6 cm³/mol. The fraction of sp³-hybridized carbons (Fsp3) is 0.333. The molecule has 5 heteroatoms. The Kier molecular flexibility index (Phi) is 5.16. The Morgan fingerprint density at radius 2 is 2.47 bits per heavy atom. The van der Waals surface area contributed by atoms with E-state index in [0.717, 1.165) is 17.8 Å². The monoisotopic (exact) mass is 234 g/mol. The third kappa shape index (κ3) is 3.57. The summed E-state index contributed by atoms with van der Waals surface area (Å²) in [6.45, 7) is 6.61. The Morgan fingerprint density at radius 3 is 3.06 bits per heavy atom. The Balaban J connectivity index is 3.03. The molecule has 0 amide bonds. The van der Waals surface area contributed by atoms with Gasteiger partial charge in [0.1, 0.15) is 0 Å². The molecule has 0 spiro atoms. The molecule has 0 unspecified atom stereocenters. The highest BCUT2D eigenvalue weighted by molar-refractivity contribution is 5.73. The summed E-state index contributed by atoms with van der Waals surface area (Å²) < 4.78 is 7.04. The molecule has 1 rings (SSSR count). The number of allylic oxidation sites excluding steroid dienone is 3. The van der Waals surface area contributed by atoms with Crippen LogP contribution in [0.25, 0.3) is 5.57 Å². The topological polar surface area (TPSA) is 65.4 Å². The first-order chi connectivity index (χ1) is 8.20. The van der Waals surface area contributed by atoms with E-state index in [2.05, 4.69) is 16.7 Å². The lowest BCUT2D eigenvalue weighted by Crippen LogP contribution is -2.08. The number of aliphatic imine (C=N–C) groups is 1. The van der Waals surface area contributed by atoms with Crippen LogP contribution in [-0.2, 0) is 11.3 Å². The van der Waals surface area contributed by atoms with Crippen LogP contribution in [0.4, 0.5) is 0 Å². The van der Waals surface area contributed by atoms with E-state index in [1.807, 2.05) is 17.6 Å². The number of nitrogens with two attached hydrogens (primary N) is 1. The Labute approximate surface area is 101 Å². The number of nitrogens with zero attached hydrogens (tertiary/aromatic N) is 3. The summed E-state index contributed by atoms with van der Waals surface area (Å²) >= 11 is 0. The van der Waals surface area contributed by atoms with E-state index in [4.69, 9.17) is 10.5 Å². The van der Waals surface area contributed by atoms with Crippen molar-refractivity contribution in [1.82, 2.24) is 9.55 Å². The van der Waals surface area contributed by atoms with Crippen LogP contribution in [0.3, 0.4) is 0 Å². The maximum atomic E-state index is 5.86. The second-order valence-corrected chi connectivity index (χ2v) is 3.56. The van der Waals surface area contributed by atoms with Gasteiger partial charge in [0, 0.05) is 31.1 Å². The molecule has 1 aromatic heterocycles. The van der Waals surface area contributed by atoms with Crippen molar-refractivity contribution in [3.63, 3.8) is 0 Å². The van der Waals surface area contributed by atoms with Crippen LogP contribution in [0.1, 0.15) is 12.6 Å². The van der Waals surface area contributed by atoms with Crippen molar-refractivity contribution in [3.8, 4) is 0 Å². The molecule has 0 aliphatic rings. The zero-order valence-electron chi connectivity index (χ0n) is 10.3. The van der Waals surface area contributed by atoms with Gasteiger partial charge in [0.25, 0.3) is 0 Å². The van der Waals surface area contributed by atoms with Crippen LogP contribution in [0, 0.1) is 0 Å². The van der Waals surface area contributed by atoms with Crippen LogP contribution in [-0.4, -0.2) is 30.0 Å². The molecule has 5 nitrogen and oxygen atoms in total. The minimum atomic E-state index is 0.629. The zero-order valence-corrected chi connectivity index (χ0v) is 10.3. The second kappa shape index (κ2) is 6.65. The Bertz CT molecular complexity index is 427. The van der Waals surface area contributed by atoms with Gasteiger partial charge in [-0.3, -0.25) is 4.99 Å². The van der Waals surface area contributed by atoms with E-state index in [1.165, 1.54) is 0 Å². The molecule has 0 aliphatic carbocycles. The number of ether oxygens (including phenoxy) is 1. The van der Waals surface area contributed by atoms with Gasteiger partial charge in [0.2, 0.25) is 0 Å². The van der Waals surface area contributed by atoms with Crippen molar-refractivity contribution in [3.05, 3.63) is 36.2 Å². The van der Waals surface area contributed by atoms with E-state index in [-0.39, 0.29) is 0 Å². The fourth-order valence-electron chi connectivity index (χ4n) is 1.46. The van der Waals surface area contributed by atoms with Gasteiger partial charge in [-0.25, -0.2) is 4.98 Å². The van der Waals surface area contributed by atoms with E-state index in [9.17, 15) is 0 Å². The van der Waals surface area contributed by atoms with Crippen molar-refractivity contribution >= 4 is 12.3 Å². The standard InChI is InChI=1S/C12H18N4O/c1-10(13)11(4-5-14-2)12-8-15-9-16(12)6-7-17-3/h4-5,8-9H,2,6-7,13H2,1,3H3/b5-4-,11-10-. The summed E-state index contributed by atoms with van der Waals surface area (Å²) in [5.74, 6) is 0. The van der Waals surface area contributed by atoms with Crippen LogP contribution in [0.2, 0.25) is 0 Å². The quantitative estimate of drug-likeness (QED) is 0.598. The van der Waals surface area contributed by atoms with Crippen LogP contribution >= 0.6 is 0 Å². The summed E-state index contributed by atoms with van der Waals surface area (Å²) in [4.78, 5) is 7.81. The van der Waals surface area contributed by atoms with Crippen molar-refractivity contribution in [2.45, 2.75) is 13.5 Å². The molecule has 1 heterocycles. The molecule has 0 saturated heterocycles. The first-order valence-corrected chi connectivity index (χ1v) is 5.29. The predicted octanol–water partition coefficient (Wildman–Crippen LogP) is 1.43. The smallest absolute Gasteiger partial charge is 0.0951 e. The van der Waals surface area contributed by atoms with Gasteiger partial charge in [-0.2, -0.15) is 0 Å². The summed E-state index contributed by atoms with van der Waals surface area (Å²) in [7, 11) is 1.67. The number of hydrogen-bond acceptors (Lipinski definition) is 4. The lowest BCUT2D eigenvalue weighted by Gasteiger charge is -2.09. The number of methoxy groups -OCH3 is 1. The molecular formula is C12H18N4O. The van der Waals surface area contributed by atoms with Gasteiger partial charge in [0.15, 0.2) is 0 Å². The van der Waals surface area contributed by atoms with Crippen molar-refractivity contribution in [2.75, 3.05) is 13.7 Å². The third-order valence-electron chi connectivity index (χ3n) is 2.30. The maximum absolute atomic E-state index is 5.86. The lowest BCUT2D eigenvalue weighted by atomic mass is 10.1. The number of imidazole rings is 1. The number of rotatable bonds is 6.